The van der Waals surface area contributed by atoms with Gasteiger partial charge in [0.1, 0.15) is 5.52 Å². The summed E-state index contributed by atoms with van der Waals surface area (Å²) in [6, 6.07) is 3.08. The lowest BCUT2D eigenvalue weighted by Crippen LogP contribution is -2.40. The first kappa shape index (κ1) is 13.4. The van der Waals surface area contributed by atoms with Crippen LogP contribution in [-0.4, -0.2) is 39.7 Å². The highest BCUT2D eigenvalue weighted by Crippen LogP contribution is 2.29. The van der Waals surface area contributed by atoms with E-state index in [1.54, 1.807) is 0 Å². The number of hydrogen-bond donors (Lipinski definition) is 1. The summed E-state index contributed by atoms with van der Waals surface area (Å²) >= 11 is 0. The third kappa shape index (κ3) is 2.38. The van der Waals surface area contributed by atoms with Gasteiger partial charge in [-0.05, 0) is 18.9 Å². The van der Waals surface area contributed by atoms with Gasteiger partial charge in [0.05, 0.1) is 11.8 Å². The van der Waals surface area contributed by atoms with E-state index in [0.29, 0.717) is 12.1 Å². The van der Waals surface area contributed by atoms with Crippen molar-refractivity contribution in [3.63, 3.8) is 0 Å². The van der Waals surface area contributed by atoms with E-state index in [9.17, 15) is 0 Å². The Morgan fingerprint density at radius 2 is 2.25 bits per heavy atom. The van der Waals surface area contributed by atoms with Crippen molar-refractivity contribution < 1.29 is 0 Å². The minimum atomic E-state index is 0.524. The summed E-state index contributed by atoms with van der Waals surface area (Å²) < 4.78 is 2.05. The Kier molecular flexibility index (Phi) is 3.61. The molecular formula is C15H23N5. The monoisotopic (exact) mass is 273 g/mol. The summed E-state index contributed by atoms with van der Waals surface area (Å²) in [5, 5.41) is 3.55. The Morgan fingerprint density at radius 3 is 3.05 bits per heavy atom. The van der Waals surface area contributed by atoms with Crippen molar-refractivity contribution in [3.05, 3.63) is 18.6 Å². The number of fused-ring (bicyclic) bond motifs is 1. The molecule has 5 nitrogen and oxygen atoms in total. The molecule has 0 amide bonds. The molecule has 0 aromatic carbocycles. The number of aromatic nitrogens is 3. The largest absolute Gasteiger partial charge is 0.351 e. The molecule has 0 spiro atoms. The van der Waals surface area contributed by atoms with Gasteiger partial charge in [-0.3, -0.25) is 0 Å². The highest BCUT2D eigenvalue weighted by Gasteiger charge is 2.27. The zero-order valence-electron chi connectivity index (χ0n) is 12.5. The Bertz CT molecular complexity index is 589. The molecule has 0 saturated carbocycles. The third-order valence-electron chi connectivity index (χ3n) is 4.03. The lowest BCUT2D eigenvalue weighted by Gasteiger charge is -2.27. The Morgan fingerprint density at radius 1 is 1.40 bits per heavy atom. The van der Waals surface area contributed by atoms with Crippen molar-refractivity contribution in [1.82, 2.24) is 19.9 Å². The summed E-state index contributed by atoms with van der Waals surface area (Å²) in [7, 11) is 2.03. The van der Waals surface area contributed by atoms with Crippen LogP contribution >= 0.6 is 0 Å². The van der Waals surface area contributed by atoms with Gasteiger partial charge >= 0.3 is 0 Å². The fraction of sp³-hybridized carbons (Fsp3) is 0.600. The maximum absolute atomic E-state index is 4.60. The molecule has 1 atom stereocenters. The second kappa shape index (κ2) is 5.40. The van der Waals surface area contributed by atoms with E-state index in [1.807, 2.05) is 25.6 Å². The number of nitrogens with zero attached hydrogens (tertiary/aromatic N) is 4. The molecule has 3 heterocycles. The quantitative estimate of drug-likeness (QED) is 0.924. The summed E-state index contributed by atoms with van der Waals surface area (Å²) in [5.74, 6) is 1.04. The molecule has 108 valence electrons. The maximum Gasteiger partial charge on any atom is 0.157 e. The normalized spacial score (nSPS) is 19.4. The van der Waals surface area contributed by atoms with E-state index >= 15 is 0 Å². The lowest BCUT2D eigenvalue weighted by atomic mass is 10.2. The molecule has 3 rings (SSSR count). The van der Waals surface area contributed by atoms with Gasteiger partial charge in [0, 0.05) is 38.4 Å². The molecule has 1 aliphatic rings. The van der Waals surface area contributed by atoms with Crippen LogP contribution in [0, 0.1) is 0 Å². The number of rotatable bonds is 4. The lowest BCUT2D eigenvalue weighted by molar-refractivity contribution is 0.523. The van der Waals surface area contributed by atoms with Crippen LogP contribution in [0.2, 0.25) is 0 Å². The highest BCUT2D eigenvalue weighted by molar-refractivity contribution is 5.86. The molecule has 2 aromatic heterocycles. The van der Waals surface area contributed by atoms with Gasteiger partial charge < -0.3 is 14.8 Å². The molecule has 0 radical (unpaired) electrons. The predicted molar refractivity (Wildman–Crippen MR) is 82.0 cm³/mol. The van der Waals surface area contributed by atoms with Crippen molar-refractivity contribution in [1.29, 1.82) is 0 Å². The average molecular weight is 273 g/mol. The molecular weight excluding hydrogens is 250 g/mol. The molecule has 5 heteroatoms. The minimum absolute atomic E-state index is 0.524. The van der Waals surface area contributed by atoms with Crippen LogP contribution in [0.15, 0.2) is 18.6 Å². The van der Waals surface area contributed by atoms with E-state index in [-0.39, 0.29) is 0 Å². The summed E-state index contributed by atoms with van der Waals surface area (Å²) in [6.07, 6.45) is 6.22. The van der Waals surface area contributed by atoms with E-state index in [1.165, 1.54) is 12.8 Å². The van der Waals surface area contributed by atoms with Gasteiger partial charge in [-0.1, -0.05) is 13.8 Å². The fourth-order valence-corrected chi connectivity index (χ4v) is 2.96. The van der Waals surface area contributed by atoms with Gasteiger partial charge in [-0.2, -0.15) is 0 Å². The molecule has 0 aliphatic carbocycles. The summed E-state index contributed by atoms with van der Waals surface area (Å²) in [4.78, 5) is 11.6. The Labute approximate surface area is 120 Å². The highest BCUT2D eigenvalue weighted by atomic mass is 15.3. The van der Waals surface area contributed by atoms with Gasteiger partial charge in [-0.15, -0.1) is 0 Å². The number of hydrogen-bond acceptors (Lipinski definition) is 4. The van der Waals surface area contributed by atoms with E-state index in [0.717, 1.165) is 29.9 Å². The van der Waals surface area contributed by atoms with Crippen molar-refractivity contribution in [2.75, 3.05) is 18.0 Å². The molecule has 1 unspecified atom stereocenters. The SMILES string of the molecule is CC(C)NCC1CCCN1c1nccc2c1ncn2C. The first-order chi connectivity index (χ1) is 9.66. The fourth-order valence-electron chi connectivity index (χ4n) is 2.96. The van der Waals surface area contributed by atoms with Crippen LogP contribution in [0.1, 0.15) is 26.7 Å². The average Bonchev–Trinajstić information content (AvgIpc) is 3.03. The predicted octanol–water partition coefficient (Wildman–Crippen LogP) is 1.94. The number of aryl methyl sites for hydroxylation is 1. The van der Waals surface area contributed by atoms with Crippen molar-refractivity contribution in [2.24, 2.45) is 7.05 Å². The standard InChI is InChI=1S/C15H23N5/c1-11(2)17-9-12-5-4-8-20(12)15-14-13(6-7-16-15)19(3)10-18-14/h6-7,10-12,17H,4-5,8-9H2,1-3H3. The molecule has 0 bridgehead atoms. The maximum atomic E-state index is 4.60. The van der Waals surface area contributed by atoms with E-state index in [4.69, 9.17) is 0 Å². The van der Waals surface area contributed by atoms with E-state index in [2.05, 4.69) is 38.6 Å². The van der Waals surface area contributed by atoms with Crippen LogP contribution in [0.25, 0.3) is 11.0 Å². The van der Waals surface area contributed by atoms with Crippen LogP contribution < -0.4 is 10.2 Å². The second-order valence-electron chi connectivity index (χ2n) is 5.91. The van der Waals surface area contributed by atoms with Crippen LogP contribution in [0.3, 0.4) is 0 Å². The third-order valence-corrected chi connectivity index (χ3v) is 4.03. The number of imidazole rings is 1. The van der Waals surface area contributed by atoms with Crippen LogP contribution in [-0.2, 0) is 7.05 Å². The zero-order chi connectivity index (χ0) is 14.1. The topological polar surface area (TPSA) is 46.0 Å². The van der Waals surface area contributed by atoms with Gasteiger partial charge in [0.25, 0.3) is 0 Å². The Balaban J connectivity index is 1.89. The first-order valence-corrected chi connectivity index (χ1v) is 7.43. The minimum Gasteiger partial charge on any atom is -0.351 e. The molecule has 1 fully saturated rings. The number of pyridine rings is 1. The Hall–Kier alpha value is -1.62. The molecule has 1 saturated heterocycles. The summed E-state index contributed by atoms with van der Waals surface area (Å²) in [6.45, 7) is 6.48. The van der Waals surface area contributed by atoms with Crippen molar-refractivity contribution >= 4 is 16.9 Å². The summed E-state index contributed by atoms with van der Waals surface area (Å²) in [5.41, 5.74) is 2.17. The van der Waals surface area contributed by atoms with Gasteiger partial charge in [0.15, 0.2) is 5.82 Å². The second-order valence-corrected chi connectivity index (χ2v) is 5.91. The number of anilines is 1. The molecule has 2 aromatic rings. The van der Waals surface area contributed by atoms with Gasteiger partial charge in [0.2, 0.25) is 0 Å². The van der Waals surface area contributed by atoms with E-state index < -0.39 is 0 Å². The first-order valence-electron chi connectivity index (χ1n) is 7.43. The van der Waals surface area contributed by atoms with Crippen molar-refractivity contribution in [2.45, 2.75) is 38.8 Å². The number of nitrogens with one attached hydrogen (secondary N) is 1. The van der Waals surface area contributed by atoms with Gasteiger partial charge in [-0.25, -0.2) is 9.97 Å². The molecule has 1 N–H and O–H groups in total. The smallest absolute Gasteiger partial charge is 0.157 e. The van der Waals surface area contributed by atoms with Crippen LogP contribution in [0.5, 0.6) is 0 Å². The molecule has 20 heavy (non-hydrogen) atoms. The van der Waals surface area contributed by atoms with Crippen LogP contribution in [0.4, 0.5) is 5.82 Å². The molecule has 1 aliphatic heterocycles. The van der Waals surface area contributed by atoms with Crippen molar-refractivity contribution in [3.8, 4) is 0 Å². The zero-order valence-corrected chi connectivity index (χ0v) is 12.5.